The number of anilines is 2. The van der Waals surface area contributed by atoms with Crippen molar-refractivity contribution in [2.75, 3.05) is 24.1 Å². The molecule has 1 aromatic heterocycles. The van der Waals surface area contributed by atoms with Crippen LogP contribution in [0.3, 0.4) is 0 Å². The smallest absolute Gasteiger partial charge is 0.230 e. The van der Waals surface area contributed by atoms with Gasteiger partial charge in [0.2, 0.25) is 5.91 Å². The molecule has 1 atom stereocenters. The minimum absolute atomic E-state index is 0.154. The highest BCUT2D eigenvalue weighted by Crippen LogP contribution is 2.14. The third-order valence-electron chi connectivity index (χ3n) is 3.15. The van der Waals surface area contributed by atoms with Crippen molar-refractivity contribution in [2.24, 2.45) is 0 Å². The largest absolute Gasteiger partial charge is 0.387 e. The van der Waals surface area contributed by atoms with Gasteiger partial charge in [0.25, 0.3) is 0 Å². The zero-order valence-corrected chi connectivity index (χ0v) is 15.1. The highest BCUT2D eigenvalue weighted by Gasteiger charge is 2.08. The first kappa shape index (κ1) is 8.73. The lowest BCUT2D eigenvalue weighted by Gasteiger charge is -2.12. The Hall–Kier alpha value is -2.74. The molecule has 1 heterocycles. The van der Waals surface area contributed by atoms with E-state index in [1.165, 1.54) is 0 Å². The summed E-state index contributed by atoms with van der Waals surface area (Å²) in [6.45, 7) is -3.16. The van der Waals surface area contributed by atoms with E-state index in [1.807, 2.05) is 5.32 Å². The van der Waals surface area contributed by atoms with Crippen LogP contribution in [-0.2, 0) is 17.6 Å². The summed E-state index contributed by atoms with van der Waals surface area (Å²) < 4.78 is 112. The maximum atomic E-state index is 12.7. The number of nitrogen functional groups attached to an aromatic ring is 1. The van der Waals surface area contributed by atoms with Gasteiger partial charge in [0.15, 0.2) is 5.13 Å². The second-order valence-electron chi connectivity index (χ2n) is 5.20. The van der Waals surface area contributed by atoms with Crippen LogP contribution in [0, 0.1) is 0 Å². The number of carbonyl (C=O) groups excluding carboxylic acids is 1. The maximum Gasteiger partial charge on any atom is 0.230 e. The maximum absolute atomic E-state index is 12.7. The lowest BCUT2D eigenvalue weighted by Crippen LogP contribution is -2.23. The van der Waals surface area contributed by atoms with Crippen molar-refractivity contribution in [1.29, 1.82) is 0 Å². The van der Waals surface area contributed by atoms with Crippen LogP contribution in [0.4, 0.5) is 10.8 Å². The number of thiazole rings is 1. The van der Waals surface area contributed by atoms with Crippen LogP contribution < -0.4 is 16.4 Å². The quantitative estimate of drug-likeness (QED) is 0.435. The summed E-state index contributed by atoms with van der Waals surface area (Å²) >= 11 is 0.634. The van der Waals surface area contributed by atoms with Gasteiger partial charge in [-0.3, -0.25) is 4.79 Å². The highest BCUT2D eigenvalue weighted by molar-refractivity contribution is 7.13. The van der Waals surface area contributed by atoms with E-state index in [9.17, 15) is 9.90 Å². The van der Waals surface area contributed by atoms with E-state index in [0.29, 0.717) is 11.3 Å². The molecule has 28 heavy (non-hydrogen) atoms. The number of carbonyl (C=O) groups is 1. The van der Waals surface area contributed by atoms with Crippen molar-refractivity contribution < 1.29 is 29.1 Å². The fourth-order valence-corrected chi connectivity index (χ4v) is 2.35. The molecule has 0 saturated carbocycles. The lowest BCUT2D eigenvalue weighted by atomic mass is 10.1. The first-order valence-electron chi connectivity index (χ1n) is 14.9. The van der Waals surface area contributed by atoms with Crippen molar-refractivity contribution in [3.8, 4) is 0 Å². The molecule has 0 aliphatic carbocycles. The SMILES string of the molecule is [2H]c1sc(N)nc1C([2H])([2H])C(=O)Nc1c([2H])c([2H])c(CCNC([2H])([2H])[C@@H](O)c2c([2H])c([2H])c([2H])c([2H])c2[2H])c([2H])c1[2H]. The number of rotatable bonds is 9. The van der Waals surface area contributed by atoms with Crippen LogP contribution in [0.25, 0.3) is 0 Å². The number of benzene rings is 2. The van der Waals surface area contributed by atoms with Crippen LogP contribution in [0.2, 0.25) is 0 Å². The van der Waals surface area contributed by atoms with Crippen molar-refractivity contribution in [3.05, 3.63) is 76.6 Å². The fraction of sp³-hybridized carbons (Fsp3) is 0.238. The van der Waals surface area contributed by atoms with Crippen LogP contribution in [0.1, 0.15) is 42.1 Å². The molecule has 0 aliphatic heterocycles. The molecule has 0 bridgehead atoms. The molecule has 5 N–H and O–H groups in total. The van der Waals surface area contributed by atoms with Gasteiger partial charge >= 0.3 is 0 Å². The molecular weight excluding hydrogens is 372 g/mol. The first-order valence-corrected chi connectivity index (χ1v) is 8.71. The van der Waals surface area contributed by atoms with Gasteiger partial charge in [-0.1, -0.05) is 42.3 Å². The van der Waals surface area contributed by atoms with E-state index in [2.05, 4.69) is 10.3 Å². The molecule has 3 aromatic rings. The summed E-state index contributed by atoms with van der Waals surface area (Å²) in [5.41, 5.74) is 3.36. The van der Waals surface area contributed by atoms with Gasteiger partial charge in [0.05, 0.1) is 31.9 Å². The van der Waals surface area contributed by atoms with Gasteiger partial charge in [0, 0.05) is 23.0 Å². The summed E-state index contributed by atoms with van der Waals surface area (Å²) in [4.78, 5) is 16.4. The van der Waals surface area contributed by atoms with Crippen molar-refractivity contribution in [2.45, 2.75) is 18.9 Å². The van der Waals surface area contributed by atoms with E-state index in [4.69, 9.17) is 24.9 Å². The number of nitrogens with zero attached hydrogens (tertiary/aromatic N) is 1. The number of aliphatic hydroxyl groups is 1. The number of hydrogen-bond acceptors (Lipinski definition) is 6. The van der Waals surface area contributed by atoms with Crippen LogP contribution in [0.15, 0.2) is 59.7 Å². The van der Waals surface area contributed by atoms with Crippen molar-refractivity contribution >= 4 is 28.1 Å². The van der Waals surface area contributed by atoms with Crippen LogP contribution in [0.5, 0.6) is 0 Å². The molecule has 0 spiro atoms. The Bertz CT molecular complexity index is 1510. The molecule has 146 valence electrons. The summed E-state index contributed by atoms with van der Waals surface area (Å²) in [5.74, 6) is -1.41. The monoisotopic (exact) mass is 410 g/mol. The van der Waals surface area contributed by atoms with E-state index in [-0.39, 0.29) is 17.1 Å². The Morgan fingerprint density at radius 3 is 2.68 bits per heavy atom. The van der Waals surface area contributed by atoms with Crippen LogP contribution >= 0.6 is 11.3 Å². The van der Waals surface area contributed by atoms with Gasteiger partial charge in [-0.25, -0.2) is 4.98 Å². The normalized spacial score (nSPS) is 20.0. The third kappa shape index (κ3) is 6.16. The average molecular weight is 411 g/mol. The second kappa shape index (κ2) is 9.98. The van der Waals surface area contributed by atoms with Gasteiger partial charge < -0.3 is 21.5 Å². The standard InChI is InChI=1S/C21H24N4O2S/c22-21-25-18(14-28-21)12-20(27)24-17-8-6-15(7-9-17)10-11-23-13-19(26)16-4-2-1-3-5-16/h1-9,14,19,23,26H,10-13H2,(H2,22,25)(H,24,27)/t19-/m1/s1/i1D,2D,3D,4D,5D,6D,7D,8D,9D,12D2,13D2,14D. The van der Waals surface area contributed by atoms with Gasteiger partial charge in [-0.2, -0.15) is 0 Å². The minimum atomic E-state index is -2.90. The molecule has 6 nitrogen and oxygen atoms in total. The predicted molar refractivity (Wildman–Crippen MR) is 113 cm³/mol. The van der Waals surface area contributed by atoms with Crippen molar-refractivity contribution in [1.82, 2.24) is 10.3 Å². The third-order valence-corrected chi connectivity index (χ3v) is 3.75. The molecular formula is C21H24N4O2S. The number of aliphatic hydroxyl groups excluding tert-OH is 1. The molecule has 0 unspecified atom stereocenters. The Morgan fingerprint density at radius 2 is 2.00 bits per heavy atom. The Kier molecular flexibility index (Phi) is 3.11. The molecule has 0 aliphatic rings. The molecule has 7 heteroatoms. The van der Waals surface area contributed by atoms with Crippen LogP contribution in [-0.4, -0.2) is 29.0 Å². The summed E-state index contributed by atoms with van der Waals surface area (Å²) in [6, 6.07) is -6.55. The Balaban J connectivity index is 1.83. The fourth-order valence-electron chi connectivity index (χ4n) is 1.91. The van der Waals surface area contributed by atoms with Gasteiger partial charge in [-0.15, -0.1) is 11.3 Å². The molecule has 3 rings (SSSR count). The number of amides is 1. The lowest BCUT2D eigenvalue weighted by molar-refractivity contribution is -0.115. The predicted octanol–water partition coefficient (Wildman–Crippen LogP) is 2.77. The molecule has 2 aromatic carbocycles. The topological polar surface area (TPSA) is 100 Å². The number of nitrogens with two attached hydrogens (primary N) is 1. The zero-order valence-electron chi connectivity index (χ0n) is 28.3. The molecule has 0 radical (unpaired) electrons. The van der Waals surface area contributed by atoms with Gasteiger partial charge in [-0.05, 0) is 36.2 Å². The zero-order chi connectivity index (χ0) is 32.1. The Labute approximate surface area is 188 Å². The van der Waals surface area contributed by atoms with E-state index in [1.54, 1.807) is 0 Å². The molecule has 1 amide bonds. The second-order valence-corrected chi connectivity index (χ2v) is 6.02. The number of nitrogens with one attached hydrogen (secondary N) is 2. The summed E-state index contributed by atoms with van der Waals surface area (Å²) in [5, 5.41) is 14.4. The Morgan fingerprint density at radius 1 is 1.25 bits per heavy atom. The van der Waals surface area contributed by atoms with E-state index in [0.717, 1.165) is 0 Å². The average Bonchev–Trinajstić information content (AvgIpc) is 3.27. The molecule has 0 fully saturated rings. The number of aromatic nitrogens is 1. The summed E-state index contributed by atoms with van der Waals surface area (Å²) in [6.07, 6.45) is -5.46. The minimum Gasteiger partial charge on any atom is -0.387 e. The highest BCUT2D eigenvalue weighted by atomic mass is 32.1. The first-order chi connectivity index (χ1) is 19.2. The van der Waals surface area contributed by atoms with E-state index < -0.39 is 108 Å². The van der Waals surface area contributed by atoms with E-state index >= 15 is 0 Å². The number of hydrogen-bond donors (Lipinski definition) is 4. The summed E-state index contributed by atoms with van der Waals surface area (Å²) in [7, 11) is 0. The molecule has 0 saturated heterocycles. The van der Waals surface area contributed by atoms with Gasteiger partial charge in [0.1, 0.15) is 0 Å². The van der Waals surface area contributed by atoms with Crippen molar-refractivity contribution in [3.63, 3.8) is 0 Å².